The lowest BCUT2D eigenvalue weighted by atomic mass is 9.86. The van der Waals surface area contributed by atoms with E-state index < -0.39 is 5.97 Å². The van der Waals surface area contributed by atoms with Crippen LogP contribution in [0, 0.1) is 11.8 Å². The van der Waals surface area contributed by atoms with Crippen LogP contribution < -0.4 is 20.1 Å². The van der Waals surface area contributed by atoms with Gasteiger partial charge < -0.3 is 35.2 Å². The number of aliphatic carboxylic acids is 1. The number of carboxylic acids is 1. The number of aliphatic imine (C=N–C) groups is 2. The number of likely N-dealkylation sites (tertiary alicyclic amines) is 1. The van der Waals surface area contributed by atoms with E-state index in [2.05, 4.69) is 40.6 Å². The minimum Gasteiger partial charge on any atom is -0.495 e. The van der Waals surface area contributed by atoms with Gasteiger partial charge in [-0.15, -0.1) is 22.7 Å². The number of carbonyl (C=O) groups excluding carboxylic acids is 1. The fourth-order valence-electron chi connectivity index (χ4n) is 8.79. The van der Waals surface area contributed by atoms with Crippen LogP contribution in [0.1, 0.15) is 56.0 Å². The van der Waals surface area contributed by atoms with Crippen LogP contribution in [0.25, 0.3) is 20.4 Å². The number of aliphatic hydroxyl groups is 1. The zero-order valence-electron chi connectivity index (χ0n) is 32.9. The number of methoxy groups -OCH3 is 2. The van der Waals surface area contributed by atoms with E-state index >= 15 is 0 Å². The van der Waals surface area contributed by atoms with Crippen LogP contribution in [0.2, 0.25) is 0 Å². The molecular formula is C43H41N9O6S2. The van der Waals surface area contributed by atoms with Gasteiger partial charge in [-0.25, -0.2) is 19.9 Å². The van der Waals surface area contributed by atoms with Gasteiger partial charge in [-0.1, -0.05) is 0 Å². The zero-order chi connectivity index (χ0) is 41.1. The first-order valence-electron chi connectivity index (χ1n) is 19.9. The van der Waals surface area contributed by atoms with E-state index in [0.29, 0.717) is 39.0 Å². The van der Waals surface area contributed by atoms with E-state index in [4.69, 9.17) is 9.47 Å². The number of carbonyl (C=O) groups is 2. The summed E-state index contributed by atoms with van der Waals surface area (Å²) in [6.45, 7) is 2.27. The molecule has 0 saturated carbocycles. The highest BCUT2D eigenvalue weighted by Crippen LogP contribution is 2.44. The van der Waals surface area contributed by atoms with E-state index in [9.17, 15) is 19.8 Å². The normalized spacial score (nSPS) is 18.6. The summed E-state index contributed by atoms with van der Waals surface area (Å²) < 4.78 is 11.2. The Bertz CT molecular complexity index is 2780. The van der Waals surface area contributed by atoms with Crippen LogP contribution in [-0.2, 0) is 48.4 Å². The third kappa shape index (κ3) is 6.89. The van der Waals surface area contributed by atoms with Gasteiger partial charge in [0, 0.05) is 41.2 Å². The summed E-state index contributed by atoms with van der Waals surface area (Å²) in [5.74, 6) is 2.08. The van der Waals surface area contributed by atoms with Crippen LogP contribution in [0.4, 0.5) is 23.0 Å². The Morgan fingerprint density at radius 3 is 1.72 bits per heavy atom. The SMILES string of the molecule is COc1cc2c(cc1Nc1ncnc3sc4c(c13)CCC(C(=O)N1CC(O)C1)C4)C=NC2.COc1cc2c(cc1Nc1ncnc3sc4c(c13)CCC(C(=O)O)C4)C=NC2. The molecule has 2 aliphatic carbocycles. The summed E-state index contributed by atoms with van der Waals surface area (Å²) >= 11 is 3.22. The molecule has 5 aliphatic rings. The van der Waals surface area contributed by atoms with E-state index in [0.717, 1.165) is 108 Å². The number of aliphatic hydroxyl groups excluding tert-OH is 1. The van der Waals surface area contributed by atoms with Crippen molar-refractivity contribution in [2.24, 2.45) is 21.8 Å². The maximum absolute atomic E-state index is 12.8. The van der Waals surface area contributed by atoms with Crippen molar-refractivity contribution < 1.29 is 29.3 Å². The van der Waals surface area contributed by atoms with Crippen LogP contribution >= 0.6 is 22.7 Å². The minimum absolute atomic E-state index is 0.0245. The maximum Gasteiger partial charge on any atom is 0.306 e. The lowest BCUT2D eigenvalue weighted by Crippen LogP contribution is -2.55. The maximum atomic E-state index is 12.8. The number of hydrogen-bond acceptors (Lipinski definition) is 15. The predicted molar refractivity (Wildman–Crippen MR) is 231 cm³/mol. The smallest absolute Gasteiger partial charge is 0.306 e. The number of aromatic nitrogens is 4. The standard InChI is InChI=1S/C23H23N5O3S.C20H18N4O3S/c1-31-18-5-14-8-24-7-13(14)4-17(18)27-21-20-16-3-2-12(23(30)28-9-15(29)10-28)6-19(16)32-22(20)26-11-25-21;1-27-15-5-12-8-21-7-11(12)4-14(15)24-18-17-13-3-2-10(20(25)26)6-16(13)28-19(17)23-9-22-18/h4-5,7,11-12,15,29H,2-3,6,8-10H2,1H3,(H,25,26,27);4-5,7,9-10H,2-3,6,8H2,1H3,(H,25,26)(H,22,23,24). The molecule has 2 aromatic carbocycles. The lowest BCUT2D eigenvalue weighted by molar-refractivity contribution is -0.146. The number of nitrogens with zero attached hydrogens (tertiary/aromatic N) is 7. The van der Waals surface area contributed by atoms with Crippen LogP contribution in [0.5, 0.6) is 11.5 Å². The molecule has 306 valence electrons. The molecule has 60 heavy (non-hydrogen) atoms. The Kier molecular flexibility index (Phi) is 9.88. The third-order valence-corrected chi connectivity index (χ3v) is 14.3. The van der Waals surface area contributed by atoms with Crippen molar-refractivity contribution in [1.29, 1.82) is 0 Å². The molecule has 15 nitrogen and oxygen atoms in total. The third-order valence-electron chi connectivity index (χ3n) is 12.0. The average molecular weight is 844 g/mol. The molecular weight excluding hydrogens is 803 g/mol. The van der Waals surface area contributed by atoms with Gasteiger partial charge in [0.25, 0.3) is 0 Å². The average Bonchev–Trinajstić information content (AvgIpc) is 4.06. The number of benzene rings is 2. The molecule has 11 rings (SSSR count). The van der Waals surface area contributed by atoms with Gasteiger partial charge in [0.2, 0.25) is 5.91 Å². The molecule has 2 unspecified atom stereocenters. The molecule has 4 aromatic heterocycles. The largest absolute Gasteiger partial charge is 0.495 e. The molecule has 1 saturated heterocycles. The first kappa shape index (κ1) is 38.2. The summed E-state index contributed by atoms with van der Waals surface area (Å²) in [6.07, 6.45) is 10.8. The van der Waals surface area contributed by atoms with Gasteiger partial charge in [0.1, 0.15) is 45.5 Å². The molecule has 3 aliphatic heterocycles. The highest BCUT2D eigenvalue weighted by Gasteiger charge is 2.36. The Hall–Kier alpha value is -6.04. The quantitative estimate of drug-likeness (QED) is 0.135. The van der Waals surface area contributed by atoms with Gasteiger partial charge in [-0.05, 0) is 96.2 Å². The molecule has 0 spiro atoms. The Morgan fingerprint density at radius 2 is 1.23 bits per heavy atom. The molecule has 0 bridgehead atoms. The second-order valence-corrected chi connectivity index (χ2v) is 17.8. The Balaban J connectivity index is 0.000000146. The molecule has 17 heteroatoms. The fraction of sp³-hybridized carbons (Fsp3) is 0.349. The van der Waals surface area contributed by atoms with Crippen molar-refractivity contribution in [3.63, 3.8) is 0 Å². The number of β-amino-alcohol motifs (C(OH)–C–C–N with tert-alkyl or cyclic N) is 1. The van der Waals surface area contributed by atoms with Gasteiger partial charge >= 0.3 is 5.97 Å². The number of ether oxygens (including phenoxy) is 2. The molecule has 2 atom stereocenters. The number of nitrogens with one attached hydrogen (secondary N) is 2. The first-order valence-corrected chi connectivity index (χ1v) is 21.5. The number of carboxylic acid groups (broad SMARTS) is 1. The van der Waals surface area contributed by atoms with Crippen molar-refractivity contribution in [1.82, 2.24) is 24.8 Å². The number of amides is 1. The van der Waals surface area contributed by atoms with Gasteiger partial charge in [0.15, 0.2) is 0 Å². The number of fused-ring (bicyclic) bond motifs is 8. The van der Waals surface area contributed by atoms with Crippen molar-refractivity contribution >= 4 is 90.4 Å². The van der Waals surface area contributed by atoms with Crippen molar-refractivity contribution in [3.8, 4) is 11.5 Å². The van der Waals surface area contributed by atoms with Gasteiger partial charge in [-0.3, -0.25) is 19.6 Å². The minimum atomic E-state index is -0.725. The first-order chi connectivity index (χ1) is 29.2. The van der Waals surface area contributed by atoms with Crippen molar-refractivity contribution in [3.05, 3.63) is 80.1 Å². The topological polar surface area (TPSA) is 197 Å². The molecule has 1 amide bonds. The van der Waals surface area contributed by atoms with Crippen LogP contribution in [0.15, 0.2) is 46.9 Å². The highest BCUT2D eigenvalue weighted by molar-refractivity contribution is 7.19. The summed E-state index contributed by atoms with van der Waals surface area (Å²) in [5, 5.41) is 27.8. The number of aryl methyl sites for hydroxylation is 2. The second-order valence-electron chi connectivity index (χ2n) is 15.6. The fourth-order valence-corrected chi connectivity index (χ4v) is 11.3. The van der Waals surface area contributed by atoms with E-state index in [1.807, 2.05) is 36.7 Å². The number of thiophene rings is 2. The number of anilines is 4. The van der Waals surface area contributed by atoms with Crippen LogP contribution in [0.3, 0.4) is 0 Å². The molecule has 0 radical (unpaired) electrons. The summed E-state index contributed by atoms with van der Waals surface area (Å²) in [4.78, 5) is 56.7. The number of rotatable bonds is 8. The lowest BCUT2D eigenvalue weighted by Gasteiger charge is -2.38. The van der Waals surface area contributed by atoms with Gasteiger partial charge in [0.05, 0.1) is 61.5 Å². The zero-order valence-corrected chi connectivity index (χ0v) is 34.5. The van der Waals surface area contributed by atoms with Crippen molar-refractivity contribution in [2.45, 2.75) is 57.7 Å². The highest BCUT2D eigenvalue weighted by atomic mass is 32.1. The summed E-state index contributed by atoms with van der Waals surface area (Å²) in [6, 6.07) is 8.10. The van der Waals surface area contributed by atoms with Crippen molar-refractivity contribution in [2.75, 3.05) is 37.9 Å². The van der Waals surface area contributed by atoms with E-state index in [1.54, 1.807) is 54.4 Å². The van der Waals surface area contributed by atoms with E-state index in [-0.39, 0.29) is 23.8 Å². The number of hydrogen-bond donors (Lipinski definition) is 4. The summed E-state index contributed by atoms with van der Waals surface area (Å²) in [7, 11) is 3.32. The van der Waals surface area contributed by atoms with E-state index in [1.165, 1.54) is 16.0 Å². The molecule has 7 heterocycles. The molecule has 4 N–H and O–H groups in total. The predicted octanol–water partition coefficient (Wildman–Crippen LogP) is 6.25. The second kappa shape index (κ2) is 15.5. The Morgan fingerprint density at radius 1 is 0.733 bits per heavy atom. The summed E-state index contributed by atoms with van der Waals surface area (Å²) in [5.41, 5.74) is 8.54. The van der Waals surface area contributed by atoms with Crippen LogP contribution in [-0.4, -0.2) is 92.8 Å². The monoisotopic (exact) mass is 843 g/mol. The molecule has 1 fully saturated rings. The molecule has 6 aromatic rings. The Labute approximate surface area is 352 Å². The van der Waals surface area contributed by atoms with Gasteiger partial charge in [-0.2, -0.15) is 0 Å².